The third-order valence-corrected chi connectivity index (χ3v) is 4.05. The van der Waals surface area contributed by atoms with Crippen LogP contribution in [0.25, 0.3) is 0 Å². The highest BCUT2D eigenvalue weighted by Gasteiger charge is 2.15. The Morgan fingerprint density at radius 3 is 2.48 bits per heavy atom. The number of hydrogen-bond donors (Lipinski definition) is 1. The molecule has 1 aromatic carbocycles. The molecule has 1 N–H and O–H groups in total. The second kappa shape index (κ2) is 8.97. The fraction of sp³-hybridized carbons (Fsp3) is 0.350. The van der Waals surface area contributed by atoms with Crippen molar-refractivity contribution in [3.05, 3.63) is 59.4 Å². The molecule has 0 fully saturated rings. The zero-order chi connectivity index (χ0) is 18.2. The van der Waals surface area contributed by atoms with Gasteiger partial charge in [0.2, 0.25) is 0 Å². The van der Waals surface area contributed by atoms with Gasteiger partial charge in [-0.15, -0.1) is 0 Å². The maximum atomic E-state index is 12.4. The molecule has 0 saturated carbocycles. The van der Waals surface area contributed by atoms with Crippen LogP contribution in [0.2, 0.25) is 0 Å². The molecule has 0 aliphatic heterocycles. The largest absolute Gasteiger partial charge is 0.342 e. The lowest BCUT2D eigenvalue weighted by atomic mass is 10.1. The Balaban J connectivity index is 2.08. The summed E-state index contributed by atoms with van der Waals surface area (Å²) in [5.41, 5.74) is 2.62. The molecule has 5 nitrogen and oxygen atoms in total. The summed E-state index contributed by atoms with van der Waals surface area (Å²) in [6.45, 7) is 4.86. The third kappa shape index (κ3) is 5.14. The van der Waals surface area contributed by atoms with Crippen LogP contribution in [0.4, 0.5) is 5.69 Å². The third-order valence-electron chi connectivity index (χ3n) is 4.05. The van der Waals surface area contributed by atoms with Crippen molar-refractivity contribution in [1.82, 2.24) is 9.88 Å². The van der Waals surface area contributed by atoms with Gasteiger partial charge in [0.05, 0.1) is 0 Å². The molecule has 0 aliphatic rings. The van der Waals surface area contributed by atoms with Gasteiger partial charge in [0.1, 0.15) is 5.69 Å². The average Bonchev–Trinajstić information content (AvgIpc) is 2.66. The molecule has 2 amide bonds. The van der Waals surface area contributed by atoms with Gasteiger partial charge in [-0.3, -0.25) is 14.6 Å². The van der Waals surface area contributed by atoms with Gasteiger partial charge in [-0.25, -0.2) is 0 Å². The second-order valence-electron chi connectivity index (χ2n) is 6.01. The minimum Gasteiger partial charge on any atom is -0.342 e. The SMILES string of the molecule is CCCCN(C)C(=O)c1ccnc(C(=O)Nc2ccc(CC)cc2)c1. The van der Waals surface area contributed by atoms with Crippen LogP contribution in [-0.2, 0) is 6.42 Å². The average molecular weight is 339 g/mol. The summed E-state index contributed by atoms with van der Waals surface area (Å²) in [7, 11) is 1.77. The van der Waals surface area contributed by atoms with E-state index in [1.54, 1.807) is 24.1 Å². The number of nitrogens with zero attached hydrogens (tertiary/aromatic N) is 2. The Morgan fingerprint density at radius 1 is 1.12 bits per heavy atom. The Bertz CT molecular complexity index is 726. The first-order valence-electron chi connectivity index (χ1n) is 8.67. The number of anilines is 1. The van der Waals surface area contributed by atoms with Crippen LogP contribution in [0.15, 0.2) is 42.6 Å². The van der Waals surface area contributed by atoms with Crippen molar-refractivity contribution in [2.45, 2.75) is 33.1 Å². The number of aryl methyl sites for hydroxylation is 1. The van der Waals surface area contributed by atoms with E-state index >= 15 is 0 Å². The predicted molar refractivity (Wildman–Crippen MR) is 99.9 cm³/mol. The first-order valence-corrected chi connectivity index (χ1v) is 8.67. The van der Waals surface area contributed by atoms with Gasteiger partial charge in [-0.05, 0) is 42.7 Å². The molecule has 25 heavy (non-hydrogen) atoms. The van der Waals surface area contributed by atoms with Crippen LogP contribution in [0.5, 0.6) is 0 Å². The minimum atomic E-state index is -0.324. The number of aromatic nitrogens is 1. The van der Waals surface area contributed by atoms with Gasteiger partial charge < -0.3 is 10.2 Å². The van der Waals surface area contributed by atoms with Crippen LogP contribution in [0, 0.1) is 0 Å². The summed E-state index contributed by atoms with van der Waals surface area (Å²) in [5, 5.41) is 2.81. The van der Waals surface area contributed by atoms with E-state index in [9.17, 15) is 9.59 Å². The number of carbonyl (C=O) groups is 2. The second-order valence-corrected chi connectivity index (χ2v) is 6.01. The summed E-state index contributed by atoms with van der Waals surface area (Å²) < 4.78 is 0. The molecule has 0 bridgehead atoms. The fourth-order valence-electron chi connectivity index (χ4n) is 2.42. The Labute approximate surface area is 149 Å². The van der Waals surface area contributed by atoms with E-state index in [0.717, 1.165) is 19.3 Å². The minimum absolute atomic E-state index is 0.0998. The monoisotopic (exact) mass is 339 g/mol. The van der Waals surface area contributed by atoms with Crippen LogP contribution in [0.3, 0.4) is 0 Å². The zero-order valence-electron chi connectivity index (χ0n) is 15.1. The number of nitrogens with one attached hydrogen (secondary N) is 1. The quantitative estimate of drug-likeness (QED) is 0.835. The summed E-state index contributed by atoms with van der Waals surface area (Å²) in [6, 6.07) is 10.9. The van der Waals surface area contributed by atoms with Crippen molar-refractivity contribution >= 4 is 17.5 Å². The number of unbranched alkanes of at least 4 members (excludes halogenated alkanes) is 1. The summed E-state index contributed by atoms with van der Waals surface area (Å²) in [6.07, 6.45) is 4.42. The van der Waals surface area contributed by atoms with Crippen LogP contribution < -0.4 is 5.32 Å². The number of pyridine rings is 1. The lowest BCUT2D eigenvalue weighted by Crippen LogP contribution is -2.28. The molecule has 1 heterocycles. The molecule has 2 aromatic rings. The van der Waals surface area contributed by atoms with Crippen molar-refractivity contribution in [2.24, 2.45) is 0 Å². The Morgan fingerprint density at radius 2 is 1.84 bits per heavy atom. The van der Waals surface area contributed by atoms with Crippen molar-refractivity contribution < 1.29 is 9.59 Å². The van der Waals surface area contributed by atoms with E-state index in [-0.39, 0.29) is 17.5 Å². The van der Waals surface area contributed by atoms with Crippen LogP contribution >= 0.6 is 0 Å². The van der Waals surface area contributed by atoms with E-state index in [0.29, 0.717) is 17.8 Å². The van der Waals surface area contributed by atoms with Gasteiger partial charge in [0.15, 0.2) is 0 Å². The predicted octanol–water partition coefficient (Wildman–Crippen LogP) is 3.77. The Hall–Kier alpha value is -2.69. The first kappa shape index (κ1) is 18.6. The number of rotatable bonds is 7. The topological polar surface area (TPSA) is 62.3 Å². The Kier molecular flexibility index (Phi) is 6.69. The van der Waals surface area contributed by atoms with Gasteiger partial charge in [-0.2, -0.15) is 0 Å². The van der Waals surface area contributed by atoms with Crippen molar-refractivity contribution in [1.29, 1.82) is 0 Å². The number of carbonyl (C=O) groups excluding carboxylic acids is 2. The van der Waals surface area contributed by atoms with Crippen LogP contribution in [-0.4, -0.2) is 35.3 Å². The highest BCUT2D eigenvalue weighted by Crippen LogP contribution is 2.12. The molecule has 132 valence electrons. The molecule has 1 aromatic heterocycles. The van der Waals surface area contributed by atoms with E-state index in [1.165, 1.54) is 11.8 Å². The highest BCUT2D eigenvalue weighted by molar-refractivity contribution is 6.04. The van der Waals surface area contributed by atoms with Crippen molar-refractivity contribution in [3.63, 3.8) is 0 Å². The lowest BCUT2D eigenvalue weighted by molar-refractivity contribution is 0.0793. The van der Waals surface area contributed by atoms with Gasteiger partial charge in [0.25, 0.3) is 11.8 Å². The molecule has 0 spiro atoms. The molecular formula is C20H25N3O2. The maximum absolute atomic E-state index is 12.4. The van der Waals surface area contributed by atoms with E-state index in [4.69, 9.17) is 0 Å². The molecule has 0 unspecified atom stereocenters. The standard InChI is InChI=1S/C20H25N3O2/c1-4-6-13-23(3)20(25)16-11-12-21-18(14-16)19(24)22-17-9-7-15(5-2)8-10-17/h7-12,14H,4-6,13H2,1-3H3,(H,22,24). The van der Waals surface area contributed by atoms with Crippen molar-refractivity contribution in [3.8, 4) is 0 Å². The fourth-order valence-corrected chi connectivity index (χ4v) is 2.42. The van der Waals surface area contributed by atoms with E-state index in [2.05, 4.69) is 24.1 Å². The summed E-state index contributed by atoms with van der Waals surface area (Å²) >= 11 is 0. The number of hydrogen-bond acceptors (Lipinski definition) is 3. The normalized spacial score (nSPS) is 10.4. The number of amides is 2. The van der Waals surface area contributed by atoms with E-state index in [1.807, 2.05) is 24.3 Å². The molecule has 2 rings (SSSR count). The van der Waals surface area contributed by atoms with E-state index < -0.39 is 0 Å². The van der Waals surface area contributed by atoms with Crippen molar-refractivity contribution in [2.75, 3.05) is 18.9 Å². The molecular weight excluding hydrogens is 314 g/mol. The molecule has 0 atom stereocenters. The molecule has 0 saturated heterocycles. The molecule has 5 heteroatoms. The summed E-state index contributed by atoms with van der Waals surface area (Å²) in [4.78, 5) is 30.6. The maximum Gasteiger partial charge on any atom is 0.274 e. The lowest BCUT2D eigenvalue weighted by Gasteiger charge is -2.16. The number of benzene rings is 1. The van der Waals surface area contributed by atoms with Gasteiger partial charge in [0, 0.05) is 31.0 Å². The highest BCUT2D eigenvalue weighted by atomic mass is 16.2. The zero-order valence-corrected chi connectivity index (χ0v) is 15.1. The van der Waals surface area contributed by atoms with Gasteiger partial charge >= 0.3 is 0 Å². The summed E-state index contributed by atoms with van der Waals surface area (Å²) in [5.74, 6) is -0.424. The molecule has 0 aliphatic carbocycles. The van der Waals surface area contributed by atoms with Crippen LogP contribution in [0.1, 0.15) is 53.1 Å². The van der Waals surface area contributed by atoms with Gasteiger partial charge in [-0.1, -0.05) is 32.4 Å². The smallest absolute Gasteiger partial charge is 0.274 e. The first-order chi connectivity index (χ1) is 12.0. The molecule has 0 radical (unpaired) electrons.